The molecule has 1 aliphatic heterocycles. The molecule has 1 unspecified atom stereocenters. The van der Waals surface area contributed by atoms with E-state index in [0.717, 1.165) is 37.4 Å². The second kappa shape index (κ2) is 3.71. The molecule has 1 aromatic rings. The van der Waals surface area contributed by atoms with Crippen molar-refractivity contribution in [2.24, 2.45) is 5.73 Å². The molecule has 78 valence electrons. The highest BCUT2D eigenvalue weighted by molar-refractivity contribution is 5.12. The number of nitrogens with one attached hydrogen (secondary N) is 1. The summed E-state index contributed by atoms with van der Waals surface area (Å²) in [6, 6.07) is 0. The number of nitrogens with zero attached hydrogens (tertiary/aromatic N) is 1. The smallest absolute Gasteiger partial charge is 0.107 e. The third-order valence-electron chi connectivity index (χ3n) is 2.80. The van der Waals surface area contributed by atoms with Gasteiger partial charge in [-0.2, -0.15) is 0 Å². The number of ether oxygens (including phenoxy) is 1. The Balaban J connectivity index is 2.15. The number of rotatable bonds is 3. The normalized spacial score (nSPS) is 27.0. The maximum atomic E-state index is 5.72. The largest absolute Gasteiger partial charge is 0.369 e. The molecule has 0 spiro atoms. The molecule has 0 aromatic carbocycles. The second-order valence-corrected chi connectivity index (χ2v) is 3.97. The summed E-state index contributed by atoms with van der Waals surface area (Å²) in [5.41, 5.74) is 6.39. The Morgan fingerprint density at radius 3 is 3.21 bits per heavy atom. The fourth-order valence-electron chi connectivity index (χ4n) is 1.89. The van der Waals surface area contributed by atoms with E-state index in [1.165, 1.54) is 0 Å². The Hall–Kier alpha value is -0.870. The number of hydrogen-bond donors (Lipinski definition) is 2. The van der Waals surface area contributed by atoms with Crippen LogP contribution in [0.2, 0.25) is 0 Å². The van der Waals surface area contributed by atoms with Crippen LogP contribution >= 0.6 is 0 Å². The molecule has 0 bridgehead atoms. The number of hydrogen-bond acceptors (Lipinski definition) is 3. The molecule has 2 heterocycles. The van der Waals surface area contributed by atoms with Crippen LogP contribution in [0, 0.1) is 0 Å². The van der Waals surface area contributed by atoms with Crippen LogP contribution in [-0.2, 0) is 16.8 Å². The first-order valence-corrected chi connectivity index (χ1v) is 5.13. The van der Waals surface area contributed by atoms with Gasteiger partial charge in [0.2, 0.25) is 0 Å². The van der Waals surface area contributed by atoms with E-state index in [-0.39, 0.29) is 5.60 Å². The number of nitrogens with two attached hydrogens (primary N) is 1. The van der Waals surface area contributed by atoms with Crippen molar-refractivity contribution in [3.63, 3.8) is 0 Å². The van der Waals surface area contributed by atoms with E-state index in [9.17, 15) is 0 Å². The lowest BCUT2D eigenvalue weighted by Crippen LogP contribution is -2.20. The lowest BCUT2D eigenvalue weighted by atomic mass is 10.00. The summed E-state index contributed by atoms with van der Waals surface area (Å²) < 4.78 is 5.72. The van der Waals surface area contributed by atoms with Crippen LogP contribution in [0.25, 0.3) is 0 Å². The zero-order chi connectivity index (χ0) is 10.0. The van der Waals surface area contributed by atoms with Gasteiger partial charge in [0, 0.05) is 13.0 Å². The molecular weight excluding hydrogens is 178 g/mol. The third-order valence-corrected chi connectivity index (χ3v) is 2.80. The molecule has 14 heavy (non-hydrogen) atoms. The van der Waals surface area contributed by atoms with Gasteiger partial charge in [0.1, 0.15) is 11.4 Å². The fourth-order valence-corrected chi connectivity index (χ4v) is 1.89. The monoisotopic (exact) mass is 195 g/mol. The molecule has 1 fully saturated rings. The fraction of sp³-hybridized carbons (Fsp3) is 0.700. The summed E-state index contributed by atoms with van der Waals surface area (Å²) >= 11 is 0. The molecule has 1 aliphatic rings. The van der Waals surface area contributed by atoms with Gasteiger partial charge in [0.15, 0.2) is 0 Å². The molecule has 2 rings (SSSR count). The standard InChI is InChI=1S/C10H17N3O/c1-10(4-2-6-14-10)8-7-12-9(13-8)3-5-11/h7H,2-6,11H2,1H3,(H,12,13). The zero-order valence-corrected chi connectivity index (χ0v) is 8.55. The predicted octanol–water partition coefficient (Wildman–Crippen LogP) is 0.936. The lowest BCUT2D eigenvalue weighted by molar-refractivity contribution is 0.0135. The van der Waals surface area contributed by atoms with E-state index in [1.807, 2.05) is 6.20 Å². The molecule has 1 atom stereocenters. The summed E-state index contributed by atoms with van der Waals surface area (Å²) in [6.45, 7) is 3.59. The summed E-state index contributed by atoms with van der Waals surface area (Å²) in [5, 5.41) is 0. The van der Waals surface area contributed by atoms with Gasteiger partial charge in [-0.15, -0.1) is 0 Å². The van der Waals surface area contributed by atoms with Crippen LogP contribution in [-0.4, -0.2) is 23.1 Å². The molecule has 0 radical (unpaired) electrons. The van der Waals surface area contributed by atoms with Crippen molar-refractivity contribution in [1.82, 2.24) is 9.97 Å². The van der Waals surface area contributed by atoms with E-state index in [4.69, 9.17) is 10.5 Å². The van der Waals surface area contributed by atoms with Gasteiger partial charge in [0.25, 0.3) is 0 Å². The summed E-state index contributed by atoms with van der Waals surface area (Å²) in [7, 11) is 0. The summed E-state index contributed by atoms with van der Waals surface area (Å²) in [4.78, 5) is 7.56. The van der Waals surface area contributed by atoms with E-state index in [2.05, 4.69) is 16.9 Å². The minimum atomic E-state index is -0.153. The molecule has 3 N–H and O–H groups in total. The van der Waals surface area contributed by atoms with Gasteiger partial charge >= 0.3 is 0 Å². The quantitative estimate of drug-likeness (QED) is 0.754. The van der Waals surface area contributed by atoms with Crippen molar-refractivity contribution in [3.05, 3.63) is 17.7 Å². The highest BCUT2D eigenvalue weighted by Gasteiger charge is 2.33. The van der Waals surface area contributed by atoms with Crippen molar-refractivity contribution in [1.29, 1.82) is 0 Å². The minimum Gasteiger partial charge on any atom is -0.369 e. The summed E-state index contributed by atoms with van der Waals surface area (Å²) in [6.07, 6.45) is 4.87. The number of aromatic nitrogens is 2. The first kappa shape index (κ1) is 9.68. The van der Waals surface area contributed by atoms with Gasteiger partial charge in [-0.1, -0.05) is 0 Å². The second-order valence-electron chi connectivity index (χ2n) is 3.97. The molecule has 1 aromatic heterocycles. The van der Waals surface area contributed by atoms with Crippen LogP contribution in [0.3, 0.4) is 0 Å². The van der Waals surface area contributed by atoms with Gasteiger partial charge in [0.05, 0.1) is 11.9 Å². The Morgan fingerprint density at radius 2 is 2.57 bits per heavy atom. The van der Waals surface area contributed by atoms with E-state index < -0.39 is 0 Å². The van der Waals surface area contributed by atoms with Crippen molar-refractivity contribution in [3.8, 4) is 0 Å². The van der Waals surface area contributed by atoms with Crippen molar-refractivity contribution in [2.75, 3.05) is 13.2 Å². The molecule has 1 saturated heterocycles. The maximum absolute atomic E-state index is 5.72. The van der Waals surface area contributed by atoms with Gasteiger partial charge in [-0.25, -0.2) is 4.98 Å². The average molecular weight is 195 g/mol. The van der Waals surface area contributed by atoms with E-state index >= 15 is 0 Å². The Bertz CT molecular complexity index is 302. The molecule has 4 heteroatoms. The van der Waals surface area contributed by atoms with E-state index in [1.54, 1.807) is 0 Å². The molecular formula is C10H17N3O. The van der Waals surface area contributed by atoms with Crippen LogP contribution in [0.1, 0.15) is 31.3 Å². The number of aromatic amines is 1. The van der Waals surface area contributed by atoms with Gasteiger partial charge < -0.3 is 15.5 Å². The Kier molecular flexibility index (Phi) is 2.56. The van der Waals surface area contributed by atoms with Crippen molar-refractivity contribution < 1.29 is 4.74 Å². The van der Waals surface area contributed by atoms with Crippen molar-refractivity contribution in [2.45, 2.75) is 31.8 Å². The average Bonchev–Trinajstić information content (AvgIpc) is 2.75. The lowest BCUT2D eigenvalue weighted by Gasteiger charge is -2.20. The summed E-state index contributed by atoms with van der Waals surface area (Å²) in [5.74, 6) is 0.958. The maximum Gasteiger partial charge on any atom is 0.107 e. The highest BCUT2D eigenvalue weighted by atomic mass is 16.5. The molecule has 0 saturated carbocycles. The first-order chi connectivity index (χ1) is 6.74. The SMILES string of the molecule is CC1(c2cnc(CCN)[nH]2)CCCO1. The zero-order valence-electron chi connectivity index (χ0n) is 8.55. The molecule has 0 amide bonds. The van der Waals surface area contributed by atoms with Crippen LogP contribution in [0.15, 0.2) is 6.20 Å². The highest BCUT2D eigenvalue weighted by Crippen LogP contribution is 2.34. The third kappa shape index (κ3) is 1.67. The van der Waals surface area contributed by atoms with Crippen molar-refractivity contribution >= 4 is 0 Å². The molecule has 4 nitrogen and oxygen atoms in total. The predicted molar refractivity (Wildman–Crippen MR) is 53.9 cm³/mol. The molecule has 0 aliphatic carbocycles. The van der Waals surface area contributed by atoms with Crippen LogP contribution in [0.4, 0.5) is 0 Å². The van der Waals surface area contributed by atoms with Gasteiger partial charge in [-0.05, 0) is 26.3 Å². The van der Waals surface area contributed by atoms with Crippen LogP contribution in [0.5, 0.6) is 0 Å². The van der Waals surface area contributed by atoms with Crippen LogP contribution < -0.4 is 5.73 Å². The Morgan fingerprint density at radius 1 is 1.71 bits per heavy atom. The minimum absolute atomic E-state index is 0.153. The first-order valence-electron chi connectivity index (χ1n) is 5.13. The van der Waals surface area contributed by atoms with E-state index in [0.29, 0.717) is 6.54 Å². The topological polar surface area (TPSA) is 63.9 Å². The number of imidazole rings is 1. The number of H-pyrrole nitrogens is 1. The van der Waals surface area contributed by atoms with Gasteiger partial charge in [-0.3, -0.25) is 0 Å². The Labute approximate surface area is 83.9 Å².